The summed E-state index contributed by atoms with van der Waals surface area (Å²) in [5.41, 5.74) is 0.154. The molecule has 0 spiro atoms. The van der Waals surface area contributed by atoms with Crippen molar-refractivity contribution in [1.82, 2.24) is 8.87 Å². The van der Waals surface area contributed by atoms with E-state index in [-0.39, 0.29) is 34.8 Å². The van der Waals surface area contributed by atoms with Crippen LogP contribution in [0.5, 0.6) is 5.75 Å². The Morgan fingerprint density at radius 3 is 2.60 bits per heavy atom. The Hall–Kier alpha value is -3.09. The number of methoxy groups -OCH3 is 2. The minimum atomic E-state index is -3.81. The van der Waals surface area contributed by atoms with Crippen LogP contribution in [0, 0.1) is 11.7 Å². The number of amides is 1. The topological polar surface area (TPSA) is 107 Å². The Morgan fingerprint density at radius 2 is 1.91 bits per heavy atom. The van der Waals surface area contributed by atoms with Crippen LogP contribution in [-0.2, 0) is 30.9 Å². The average molecular weight is 522 g/mol. The van der Waals surface area contributed by atoms with Gasteiger partial charge >= 0.3 is 5.97 Å². The monoisotopic (exact) mass is 521 g/mol. The van der Waals surface area contributed by atoms with Gasteiger partial charge in [-0.05, 0) is 49.2 Å². The van der Waals surface area contributed by atoms with Gasteiger partial charge in [-0.25, -0.2) is 12.8 Å². The van der Waals surface area contributed by atoms with Crippen LogP contribution in [0.25, 0.3) is 10.2 Å². The molecule has 12 heteroatoms. The first-order chi connectivity index (χ1) is 16.7. The number of hydrogen-bond donors (Lipinski definition) is 0. The van der Waals surface area contributed by atoms with E-state index >= 15 is 0 Å². The van der Waals surface area contributed by atoms with Crippen molar-refractivity contribution in [2.24, 2.45) is 10.9 Å². The molecule has 35 heavy (non-hydrogen) atoms. The molecule has 4 rings (SSSR count). The van der Waals surface area contributed by atoms with Gasteiger partial charge in [0.2, 0.25) is 10.0 Å². The molecule has 1 aliphatic heterocycles. The molecule has 0 radical (unpaired) electrons. The molecule has 0 N–H and O–H groups in total. The molecule has 1 aromatic heterocycles. The summed E-state index contributed by atoms with van der Waals surface area (Å²) in [4.78, 5) is 29.5. The van der Waals surface area contributed by atoms with Gasteiger partial charge in [0.1, 0.15) is 18.1 Å². The van der Waals surface area contributed by atoms with Crippen molar-refractivity contribution in [2.75, 3.05) is 27.3 Å². The maximum Gasteiger partial charge on any atom is 0.325 e. The lowest BCUT2D eigenvalue weighted by Crippen LogP contribution is -2.42. The van der Waals surface area contributed by atoms with Crippen LogP contribution in [0.4, 0.5) is 4.39 Å². The number of carbonyl (C=O) groups excluding carboxylic acids is 2. The zero-order chi connectivity index (χ0) is 25.2. The third-order valence-corrected chi connectivity index (χ3v) is 8.73. The van der Waals surface area contributed by atoms with Crippen LogP contribution in [0.3, 0.4) is 0 Å². The highest BCUT2D eigenvalue weighted by molar-refractivity contribution is 7.89. The first-order valence-electron chi connectivity index (χ1n) is 10.8. The zero-order valence-electron chi connectivity index (χ0n) is 19.1. The smallest absolute Gasteiger partial charge is 0.325 e. The molecular formula is C23H24FN3O6S2. The standard InChI is InChI=1S/C23H24FN3O6S2/c1-32-16-8-10-17(11-9-16)35(30,31)26-12-4-5-15(13-26)22(29)25-23-27(14-20(28)33-2)21-18(24)6-3-7-19(21)34-23/h3,6-11,15H,4-5,12-14H2,1-2H3. The summed E-state index contributed by atoms with van der Waals surface area (Å²) >= 11 is 1.07. The Kier molecular flexibility index (Phi) is 7.33. The molecule has 1 unspecified atom stereocenters. The molecular weight excluding hydrogens is 497 g/mol. The van der Waals surface area contributed by atoms with E-state index in [4.69, 9.17) is 9.47 Å². The van der Waals surface area contributed by atoms with Gasteiger partial charge in [-0.3, -0.25) is 9.59 Å². The number of esters is 1. The van der Waals surface area contributed by atoms with Crippen molar-refractivity contribution in [3.63, 3.8) is 0 Å². The number of piperidine rings is 1. The summed E-state index contributed by atoms with van der Waals surface area (Å²) in [7, 11) is -1.10. The van der Waals surface area contributed by atoms with Crippen LogP contribution >= 0.6 is 11.3 Å². The van der Waals surface area contributed by atoms with Gasteiger partial charge in [-0.2, -0.15) is 9.30 Å². The molecule has 2 heterocycles. The van der Waals surface area contributed by atoms with Gasteiger partial charge in [0.15, 0.2) is 4.80 Å². The largest absolute Gasteiger partial charge is 0.497 e. The van der Waals surface area contributed by atoms with Crippen LogP contribution < -0.4 is 9.54 Å². The van der Waals surface area contributed by atoms with Crippen LogP contribution in [-0.4, -0.2) is 56.5 Å². The van der Waals surface area contributed by atoms with Gasteiger partial charge in [0, 0.05) is 13.1 Å². The molecule has 1 atom stereocenters. The van der Waals surface area contributed by atoms with Gasteiger partial charge in [0.05, 0.1) is 35.2 Å². The quantitative estimate of drug-likeness (QED) is 0.462. The molecule has 2 aromatic carbocycles. The number of fused-ring (bicyclic) bond motifs is 1. The summed E-state index contributed by atoms with van der Waals surface area (Å²) in [6, 6.07) is 10.5. The molecule has 1 amide bonds. The van der Waals surface area contributed by atoms with Crippen LogP contribution in [0.15, 0.2) is 52.4 Å². The van der Waals surface area contributed by atoms with Crippen LogP contribution in [0.1, 0.15) is 12.8 Å². The molecule has 3 aromatic rings. The molecule has 1 saturated heterocycles. The van der Waals surface area contributed by atoms with Crippen molar-refractivity contribution in [1.29, 1.82) is 0 Å². The van der Waals surface area contributed by atoms with E-state index in [2.05, 4.69) is 4.99 Å². The number of ether oxygens (including phenoxy) is 2. The van der Waals surface area contributed by atoms with Gasteiger partial charge in [-0.1, -0.05) is 17.4 Å². The molecule has 0 aliphatic carbocycles. The zero-order valence-corrected chi connectivity index (χ0v) is 20.8. The van der Waals surface area contributed by atoms with E-state index in [1.807, 2.05) is 0 Å². The van der Waals surface area contributed by atoms with Gasteiger partial charge < -0.3 is 14.0 Å². The SMILES string of the molecule is COC(=O)Cn1c(=NC(=O)C2CCCN(S(=O)(=O)c3ccc(OC)cc3)C2)sc2cccc(F)c21. The van der Waals surface area contributed by atoms with E-state index in [1.54, 1.807) is 18.2 Å². The maximum atomic E-state index is 14.5. The number of halogens is 1. The second-order valence-corrected chi connectivity index (χ2v) is 10.9. The first kappa shape index (κ1) is 25.0. The highest BCUT2D eigenvalue weighted by Crippen LogP contribution is 2.26. The number of sulfonamides is 1. The van der Waals surface area contributed by atoms with E-state index in [9.17, 15) is 22.4 Å². The summed E-state index contributed by atoms with van der Waals surface area (Å²) < 4.78 is 53.7. The van der Waals surface area contributed by atoms with Crippen molar-refractivity contribution in [3.05, 3.63) is 53.1 Å². The van der Waals surface area contributed by atoms with Crippen LogP contribution in [0.2, 0.25) is 0 Å². The number of rotatable bonds is 6. The summed E-state index contributed by atoms with van der Waals surface area (Å²) in [6.45, 7) is -0.0479. The summed E-state index contributed by atoms with van der Waals surface area (Å²) in [5.74, 6) is -1.82. The molecule has 0 bridgehead atoms. The first-order valence-corrected chi connectivity index (χ1v) is 13.1. The number of thiazole rings is 1. The maximum absolute atomic E-state index is 14.5. The Labute approximate surface area is 205 Å². The number of benzene rings is 2. The number of nitrogens with zero attached hydrogens (tertiary/aromatic N) is 3. The predicted octanol–water partition coefficient (Wildman–Crippen LogP) is 2.55. The second-order valence-electron chi connectivity index (χ2n) is 7.96. The lowest BCUT2D eigenvalue weighted by molar-refractivity contribution is -0.141. The van der Waals surface area contributed by atoms with Gasteiger partial charge in [0.25, 0.3) is 5.91 Å². The lowest BCUT2D eigenvalue weighted by atomic mass is 9.99. The summed E-state index contributed by atoms with van der Waals surface area (Å²) in [5, 5.41) is 0. The van der Waals surface area contributed by atoms with Crippen molar-refractivity contribution < 1.29 is 31.9 Å². The number of para-hydroxylation sites is 1. The van der Waals surface area contributed by atoms with Crippen molar-refractivity contribution in [2.45, 2.75) is 24.3 Å². The highest BCUT2D eigenvalue weighted by Gasteiger charge is 2.33. The Bertz CT molecular complexity index is 1430. The fraction of sp³-hybridized carbons (Fsp3) is 0.348. The molecule has 9 nitrogen and oxygen atoms in total. The van der Waals surface area contributed by atoms with Gasteiger partial charge in [-0.15, -0.1) is 0 Å². The Morgan fingerprint density at radius 1 is 1.17 bits per heavy atom. The minimum Gasteiger partial charge on any atom is -0.497 e. The highest BCUT2D eigenvalue weighted by atomic mass is 32.2. The van der Waals surface area contributed by atoms with Crippen molar-refractivity contribution >= 4 is 43.5 Å². The van der Waals surface area contributed by atoms with E-state index in [0.717, 1.165) is 11.3 Å². The number of aromatic nitrogens is 1. The third kappa shape index (κ3) is 5.14. The average Bonchev–Trinajstić information content (AvgIpc) is 3.21. The minimum absolute atomic E-state index is 0.0209. The molecule has 1 aliphatic rings. The summed E-state index contributed by atoms with van der Waals surface area (Å²) in [6.07, 6.45) is 0.956. The fourth-order valence-electron chi connectivity index (χ4n) is 3.96. The number of hydrogen-bond acceptors (Lipinski definition) is 7. The van der Waals surface area contributed by atoms with E-state index in [0.29, 0.717) is 23.3 Å². The number of carbonyl (C=O) groups is 2. The predicted molar refractivity (Wildman–Crippen MR) is 127 cm³/mol. The third-order valence-electron chi connectivity index (χ3n) is 5.80. The molecule has 186 valence electrons. The van der Waals surface area contributed by atoms with E-state index < -0.39 is 33.6 Å². The fourth-order valence-corrected chi connectivity index (χ4v) is 6.53. The van der Waals surface area contributed by atoms with Crippen molar-refractivity contribution in [3.8, 4) is 5.75 Å². The second kappa shape index (κ2) is 10.3. The lowest BCUT2D eigenvalue weighted by Gasteiger charge is -2.30. The normalized spacial score (nSPS) is 17.5. The molecule has 1 fully saturated rings. The molecule has 0 saturated carbocycles. The Balaban J connectivity index is 1.63. The van der Waals surface area contributed by atoms with E-state index in [1.165, 1.54) is 47.4 Å².